The van der Waals surface area contributed by atoms with Gasteiger partial charge in [0.05, 0.1) is 4.90 Å². The molecule has 0 saturated heterocycles. The molecule has 0 fully saturated rings. The highest BCUT2D eigenvalue weighted by Gasteiger charge is 2.14. The van der Waals surface area contributed by atoms with Crippen molar-refractivity contribution in [3.8, 4) is 5.75 Å². The van der Waals surface area contributed by atoms with Gasteiger partial charge in [-0.25, -0.2) is 13.1 Å². The van der Waals surface area contributed by atoms with Gasteiger partial charge in [0.1, 0.15) is 12.4 Å². The number of ether oxygens (including phenoxy) is 1. The van der Waals surface area contributed by atoms with Gasteiger partial charge in [0.2, 0.25) is 10.0 Å². The smallest absolute Gasteiger partial charge is 0.240 e. The van der Waals surface area contributed by atoms with E-state index in [-0.39, 0.29) is 11.4 Å². The molecule has 0 amide bonds. The van der Waals surface area contributed by atoms with E-state index >= 15 is 0 Å². The van der Waals surface area contributed by atoms with Crippen molar-refractivity contribution in [2.24, 2.45) is 0 Å². The molecule has 134 valence electrons. The predicted molar refractivity (Wildman–Crippen MR) is 103 cm³/mol. The third-order valence-electron chi connectivity index (χ3n) is 3.79. The summed E-state index contributed by atoms with van der Waals surface area (Å²) in [5.41, 5.74) is 1.75. The van der Waals surface area contributed by atoms with Gasteiger partial charge in [-0.2, -0.15) is 0 Å². The second-order valence-corrected chi connectivity index (χ2v) is 7.86. The van der Waals surface area contributed by atoms with Crippen LogP contribution in [-0.4, -0.2) is 8.42 Å². The predicted octanol–water partition coefficient (Wildman–Crippen LogP) is 4.40. The minimum atomic E-state index is -3.57. The maximum absolute atomic E-state index is 12.4. The Morgan fingerprint density at radius 1 is 0.846 bits per heavy atom. The van der Waals surface area contributed by atoms with Crippen LogP contribution in [-0.2, 0) is 23.2 Å². The Labute approximate surface area is 158 Å². The van der Waals surface area contributed by atoms with Gasteiger partial charge in [-0.3, -0.25) is 0 Å². The molecule has 3 aromatic rings. The molecule has 0 aliphatic carbocycles. The summed E-state index contributed by atoms with van der Waals surface area (Å²) in [5.74, 6) is 0.637. The molecule has 0 aromatic heterocycles. The second kappa shape index (κ2) is 8.36. The number of para-hydroxylation sites is 1. The van der Waals surface area contributed by atoms with Gasteiger partial charge in [-0.05, 0) is 35.9 Å². The molecule has 0 unspecified atom stereocenters. The first-order valence-electron chi connectivity index (χ1n) is 8.04. The summed E-state index contributed by atoms with van der Waals surface area (Å²) in [6.45, 7) is 0.521. The van der Waals surface area contributed by atoms with Crippen molar-refractivity contribution in [3.63, 3.8) is 0 Å². The average molecular weight is 388 g/mol. The number of benzene rings is 3. The van der Waals surface area contributed by atoms with Gasteiger partial charge in [0, 0.05) is 17.1 Å². The van der Waals surface area contributed by atoms with Crippen molar-refractivity contribution >= 4 is 21.6 Å². The average Bonchev–Trinajstić information content (AvgIpc) is 2.67. The lowest BCUT2D eigenvalue weighted by atomic mass is 10.2. The van der Waals surface area contributed by atoms with E-state index in [9.17, 15) is 8.42 Å². The maximum Gasteiger partial charge on any atom is 0.240 e. The highest BCUT2D eigenvalue weighted by atomic mass is 35.5. The lowest BCUT2D eigenvalue weighted by Crippen LogP contribution is -2.23. The van der Waals surface area contributed by atoms with Gasteiger partial charge in [-0.1, -0.05) is 60.1 Å². The number of halogens is 1. The van der Waals surface area contributed by atoms with Gasteiger partial charge in [0.15, 0.2) is 0 Å². The molecule has 0 radical (unpaired) electrons. The number of hydrogen-bond acceptors (Lipinski definition) is 3. The van der Waals surface area contributed by atoms with Crippen LogP contribution in [0, 0.1) is 0 Å². The molecule has 1 N–H and O–H groups in total. The van der Waals surface area contributed by atoms with E-state index in [1.54, 1.807) is 42.5 Å². The third-order valence-corrected chi connectivity index (χ3v) is 5.46. The molecule has 0 aliphatic rings. The van der Waals surface area contributed by atoms with Crippen molar-refractivity contribution < 1.29 is 13.2 Å². The van der Waals surface area contributed by atoms with Crippen LogP contribution >= 0.6 is 11.6 Å². The molecule has 3 rings (SSSR count). The van der Waals surface area contributed by atoms with E-state index in [0.717, 1.165) is 11.1 Å². The molecule has 0 heterocycles. The van der Waals surface area contributed by atoms with Gasteiger partial charge in [-0.15, -0.1) is 0 Å². The van der Waals surface area contributed by atoms with Crippen LogP contribution in [0.2, 0.25) is 5.02 Å². The van der Waals surface area contributed by atoms with Gasteiger partial charge in [0.25, 0.3) is 0 Å². The lowest BCUT2D eigenvalue weighted by Gasteiger charge is -2.13. The molecule has 3 aromatic carbocycles. The number of rotatable bonds is 7. The second-order valence-electron chi connectivity index (χ2n) is 5.66. The zero-order chi connectivity index (χ0) is 18.4. The third kappa shape index (κ3) is 4.85. The zero-order valence-electron chi connectivity index (χ0n) is 13.9. The molecule has 0 atom stereocenters. The van der Waals surface area contributed by atoms with E-state index in [2.05, 4.69) is 4.72 Å². The van der Waals surface area contributed by atoms with E-state index < -0.39 is 10.0 Å². The summed E-state index contributed by atoms with van der Waals surface area (Å²) in [4.78, 5) is 0.236. The van der Waals surface area contributed by atoms with Crippen LogP contribution in [0.1, 0.15) is 11.1 Å². The van der Waals surface area contributed by atoms with Crippen molar-refractivity contribution in [3.05, 3.63) is 95.0 Å². The molecule has 0 aliphatic heterocycles. The standard InChI is InChI=1S/C20H18ClNO3S/c21-18-12-10-16(11-13-18)15-25-20-9-5-4-6-17(20)14-22-26(23,24)19-7-2-1-3-8-19/h1-13,22H,14-15H2. The molecule has 26 heavy (non-hydrogen) atoms. The topological polar surface area (TPSA) is 55.4 Å². The van der Waals surface area contributed by atoms with Gasteiger partial charge < -0.3 is 4.74 Å². The largest absolute Gasteiger partial charge is 0.489 e. The SMILES string of the molecule is O=S(=O)(NCc1ccccc1OCc1ccc(Cl)cc1)c1ccccc1. The summed E-state index contributed by atoms with van der Waals surface area (Å²) in [6.07, 6.45) is 0. The van der Waals surface area contributed by atoms with E-state index in [1.807, 2.05) is 36.4 Å². The molecule has 0 spiro atoms. The Bertz CT molecular complexity index is 958. The molecule has 6 heteroatoms. The van der Waals surface area contributed by atoms with Crippen LogP contribution < -0.4 is 9.46 Å². The van der Waals surface area contributed by atoms with Crippen molar-refractivity contribution in [1.82, 2.24) is 4.72 Å². The minimum absolute atomic E-state index is 0.147. The van der Waals surface area contributed by atoms with E-state index in [1.165, 1.54) is 0 Å². The first-order valence-corrected chi connectivity index (χ1v) is 9.90. The fraction of sp³-hybridized carbons (Fsp3) is 0.100. The normalized spacial score (nSPS) is 11.3. The lowest BCUT2D eigenvalue weighted by molar-refractivity contribution is 0.302. The van der Waals surface area contributed by atoms with Crippen molar-refractivity contribution in [1.29, 1.82) is 0 Å². The van der Waals surface area contributed by atoms with Crippen LogP contribution in [0.4, 0.5) is 0 Å². The molecule has 0 bridgehead atoms. The fourth-order valence-corrected chi connectivity index (χ4v) is 3.54. The summed E-state index contributed by atoms with van der Waals surface area (Å²) in [6, 6.07) is 23.0. The van der Waals surface area contributed by atoms with Gasteiger partial charge >= 0.3 is 0 Å². The Kier molecular flexibility index (Phi) is 5.93. The van der Waals surface area contributed by atoms with Crippen molar-refractivity contribution in [2.45, 2.75) is 18.0 Å². The first kappa shape index (κ1) is 18.5. The van der Waals surface area contributed by atoms with E-state index in [0.29, 0.717) is 17.4 Å². The summed E-state index contributed by atoms with van der Waals surface area (Å²) in [5, 5.41) is 0.671. The Balaban J connectivity index is 1.68. The maximum atomic E-state index is 12.4. The zero-order valence-corrected chi connectivity index (χ0v) is 15.5. The highest BCUT2D eigenvalue weighted by Crippen LogP contribution is 2.20. The van der Waals surface area contributed by atoms with E-state index in [4.69, 9.17) is 16.3 Å². The number of sulfonamides is 1. The Morgan fingerprint density at radius 2 is 1.50 bits per heavy atom. The summed E-state index contributed by atoms with van der Waals surface area (Å²) < 4.78 is 33.2. The van der Waals surface area contributed by atoms with Crippen LogP contribution in [0.15, 0.2) is 83.8 Å². The van der Waals surface area contributed by atoms with Crippen LogP contribution in [0.5, 0.6) is 5.75 Å². The summed E-state index contributed by atoms with van der Waals surface area (Å²) in [7, 11) is -3.57. The molecular formula is C20H18ClNO3S. The monoisotopic (exact) mass is 387 g/mol. The quantitative estimate of drug-likeness (QED) is 0.653. The number of nitrogens with one attached hydrogen (secondary N) is 1. The highest BCUT2D eigenvalue weighted by molar-refractivity contribution is 7.89. The molecule has 0 saturated carbocycles. The summed E-state index contributed by atoms with van der Waals surface area (Å²) >= 11 is 5.88. The first-order chi connectivity index (χ1) is 12.5. The fourth-order valence-electron chi connectivity index (χ4n) is 2.39. The molecular weight excluding hydrogens is 370 g/mol. The Hall–Kier alpha value is -2.34. The minimum Gasteiger partial charge on any atom is -0.489 e. The van der Waals surface area contributed by atoms with Crippen LogP contribution in [0.25, 0.3) is 0 Å². The number of hydrogen-bond donors (Lipinski definition) is 1. The van der Waals surface area contributed by atoms with Crippen LogP contribution in [0.3, 0.4) is 0 Å². The Morgan fingerprint density at radius 3 is 2.23 bits per heavy atom. The van der Waals surface area contributed by atoms with Crippen molar-refractivity contribution in [2.75, 3.05) is 0 Å². The molecule has 4 nitrogen and oxygen atoms in total.